The zero-order chi connectivity index (χ0) is 83.6. The van der Waals surface area contributed by atoms with Gasteiger partial charge in [0.05, 0.1) is 98.9 Å². The summed E-state index contributed by atoms with van der Waals surface area (Å²) in [5, 5.41) is 5.18. The van der Waals surface area contributed by atoms with Crippen LogP contribution in [0.4, 0.5) is 0 Å². The highest BCUT2D eigenvalue weighted by atomic mass is 32.2. The third-order valence-corrected chi connectivity index (χ3v) is 23.6. The Hall–Kier alpha value is -10.6. The monoisotopic (exact) mass is 1710 g/mol. The van der Waals surface area contributed by atoms with Crippen molar-refractivity contribution in [3.8, 4) is 45.3 Å². The highest BCUT2D eigenvalue weighted by Crippen LogP contribution is 2.47. The van der Waals surface area contributed by atoms with Crippen LogP contribution in [0.1, 0.15) is 0 Å². The van der Waals surface area contributed by atoms with Crippen LogP contribution in [0.3, 0.4) is 0 Å². The Balaban J connectivity index is 0.000000150. The molecule has 0 saturated heterocycles. The van der Waals surface area contributed by atoms with Gasteiger partial charge < -0.3 is 75.1 Å². The van der Waals surface area contributed by atoms with E-state index in [0.717, 1.165) is 117 Å². The topological polar surface area (TPSA) is 355 Å². The molecule has 0 unspecified atom stereocenters. The van der Waals surface area contributed by atoms with Crippen LogP contribution in [0.15, 0.2) is 251 Å². The molecule has 16 heterocycles. The fourth-order valence-corrected chi connectivity index (χ4v) is 17.3. The van der Waals surface area contributed by atoms with Crippen molar-refractivity contribution in [3.63, 3.8) is 0 Å². The maximum atomic E-state index is 11.8. The number of hydrogen-bond acceptors (Lipinski definition) is 24. The lowest BCUT2D eigenvalue weighted by Gasteiger charge is -2.23. The van der Waals surface area contributed by atoms with Gasteiger partial charge in [-0.1, -0.05) is 121 Å². The molecule has 0 amide bonds. The molecule has 10 aromatic carbocycles. The molecule has 28 nitrogen and oxygen atoms in total. The van der Waals surface area contributed by atoms with Gasteiger partial charge in [-0.3, -0.25) is 0 Å². The molecule has 120 heavy (non-hydrogen) atoms. The zero-order valence-electron chi connectivity index (χ0n) is 65.1. The van der Waals surface area contributed by atoms with Gasteiger partial charge >= 0.3 is 0 Å². The van der Waals surface area contributed by atoms with Crippen molar-refractivity contribution in [1.82, 2.24) is 0 Å². The summed E-state index contributed by atoms with van der Waals surface area (Å²) in [5.41, 5.74) is 4.72. The van der Waals surface area contributed by atoms with Gasteiger partial charge in [0.1, 0.15) is 116 Å². The largest absolute Gasteiger partial charge is 0.744 e. The smallest absolute Gasteiger partial charge is 0.171 e. The molecule has 626 valence electrons. The van der Waals surface area contributed by atoms with Crippen molar-refractivity contribution in [3.05, 3.63) is 232 Å². The molecule has 0 fully saturated rings. The molecular weight excluding hydrogens is 1630 g/mol. The summed E-state index contributed by atoms with van der Waals surface area (Å²) in [6, 6.07) is 54.2. The number of nitrogens with zero attached hydrogens (tertiary/aromatic N) is 4. The van der Waals surface area contributed by atoms with Crippen LogP contribution in [0, 0.1) is 0 Å². The molecule has 0 N–H and O–H groups in total. The van der Waals surface area contributed by atoms with E-state index in [0.29, 0.717) is 144 Å². The number of aromatic nitrogens is 4. The second-order valence-corrected chi connectivity index (χ2v) is 33.1. The molecule has 0 aliphatic carbocycles. The van der Waals surface area contributed by atoms with E-state index in [1.165, 1.54) is 22.3 Å². The third kappa shape index (κ3) is 21.2. The number of rotatable bonds is 4. The molecule has 4 aromatic heterocycles. The van der Waals surface area contributed by atoms with Crippen molar-refractivity contribution >= 4 is 116 Å². The summed E-state index contributed by atoms with van der Waals surface area (Å²) in [6.07, 6.45) is 16.7. The number of ether oxygens (including phenoxy) is 12. The molecule has 0 spiro atoms. The molecule has 12 aliphatic rings. The van der Waals surface area contributed by atoms with Crippen LogP contribution < -0.4 is 37.2 Å². The summed E-state index contributed by atoms with van der Waals surface area (Å²) < 4.78 is 222. The summed E-state index contributed by atoms with van der Waals surface area (Å²) in [6.45, 7) is 13.5. The molecule has 14 aromatic rings. The first kappa shape index (κ1) is 85.8. The van der Waals surface area contributed by atoms with Gasteiger partial charge in [-0.15, -0.1) is 0 Å². The number of hydrogen-bond donors (Lipinski definition) is 0. The van der Waals surface area contributed by atoms with Crippen LogP contribution in [-0.4, -0.2) is 184 Å². The Bertz CT molecular complexity index is 5520. The van der Waals surface area contributed by atoms with Crippen molar-refractivity contribution in [2.45, 2.75) is 45.8 Å². The van der Waals surface area contributed by atoms with Crippen LogP contribution in [0.25, 0.3) is 97.7 Å². The summed E-state index contributed by atoms with van der Waals surface area (Å²) in [7, 11) is -21.6. The fourth-order valence-electron chi connectivity index (χ4n) is 14.4. The van der Waals surface area contributed by atoms with E-state index in [4.69, 9.17) is 56.8 Å². The predicted octanol–water partition coefficient (Wildman–Crippen LogP) is 9.75. The van der Waals surface area contributed by atoms with E-state index in [1.54, 1.807) is 0 Å². The SMILES string of the molecule is O=S(=O)([O-])c1cc(S(=O)(=O)[O-])c2ccc3c(S(=O)(=O)[O-])cc(S(=O)(=O)[O-])c4ccc1c2c43.c1ccc2c3c4ccccc4c(c2c1)OCCOCCOCC[n+]1ccc(cc1)-c1cc[n+](cc1)CCOCCOCCO3.c1ccc2c3c4ccccc4c(c2c1)OCCOCCOCC[n+]1ccc(cc1)-c1cc[n+](cc1)CCOCCOCCO3. The van der Waals surface area contributed by atoms with Crippen LogP contribution in [0.5, 0.6) is 23.0 Å². The first-order valence-corrected chi connectivity index (χ1v) is 44.4. The lowest BCUT2D eigenvalue weighted by molar-refractivity contribution is -0.698. The Morgan fingerprint density at radius 1 is 0.208 bits per heavy atom. The molecule has 26 rings (SSSR count). The molecule has 0 saturated carbocycles. The molecule has 0 radical (unpaired) electrons. The molecule has 0 atom stereocenters. The van der Waals surface area contributed by atoms with Gasteiger partial charge in [-0.2, -0.15) is 0 Å². The summed E-state index contributed by atoms with van der Waals surface area (Å²) in [5.74, 6) is 3.36. The van der Waals surface area contributed by atoms with Gasteiger partial charge in [-0.25, -0.2) is 51.9 Å². The fraction of sp³-hybridized carbons (Fsp3) is 0.273. The molecule has 32 heteroatoms. The average molecular weight is 1710 g/mol. The molecule has 12 aliphatic heterocycles. The molecular formula is C88H86N4O24S4. The van der Waals surface area contributed by atoms with Crippen molar-refractivity contribution in [2.24, 2.45) is 0 Å². The highest BCUT2D eigenvalue weighted by Gasteiger charge is 2.26. The maximum Gasteiger partial charge on any atom is 0.171 e. The van der Waals surface area contributed by atoms with Crippen LogP contribution in [0.2, 0.25) is 0 Å². The lowest BCUT2D eigenvalue weighted by Crippen LogP contribution is -2.35. The Morgan fingerprint density at radius 3 is 0.550 bits per heavy atom. The minimum atomic E-state index is -5.40. The minimum Gasteiger partial charge on any atom is -0.744 e. The van der Waals surface area contributed by atoms with Crippen LogP contribution >= 0.6 is 0 Å². The second-order valence-electron chi connectivity index (χ2n) is 27.7. The number of benzene rings is 10. The maximum absolute atomic E-state index is 11.8. The first-order valence-electron chi connectivity index (χ1n) is 38.7. The van der Waals surface area contributed by atoms with Gasteiger partial charge in [-0.05, 0) is 45.2 Å². The zero-order valence-corrected chi connectivity index (χ0v) is 68.4. The standard InChI is InChI=1S/2C36H40N2O6.C16H10O12S4/c2*1-2-6-32-31(5-1)35-33-7-3-4-8-34(33)36(32)44-28-26-42-24-22-40-20-18-38-15-11-30(12-16-38)29-9-13-37(14-10-29)17-19-39-21-23-41-25-27-43-35;17-29(18,19)11-5-13(31(23,24)25)9-3-4-10-14(32(26,27)28)6-12(30(20,21)22)8-2-1-7(11)15(9)16(8)10/h2*1-16H,17-28H2;1-6H,(H,17,18,19)(H,20,21,22)(H,23,24,25)(H,26,27,28)/q2*+2;/p-4. The lowest BCUT2D eigenvalue weighted by atomic mass is 9.94. The Morgan fingerprint density at radius 2 is 0.375 bits per heavy atom. The highest BCUT2D eigenvalue weighted by molar-refractivity contribution is 7.87. The Kier molecular flexibility index (Phi) is 28.4. The third-order valence-electron chi connectivity index (χ3n) is 20.1. The predicted molar refractivity (Wildman–Crippen MR) is 438 cm³/mol. The van der Waals surface area contributed by atoms with E-state index in [-0.39, 0.29) is 0 Å². The normalized spacial score (nSPS) is 15.8. The second kappa shape index (κ2) is 39.7. The van der Waals surface area contributed by atoms with Crippen molar-refractivity contribution in [2.75, 3.05) is 132 Å². The van der Waals surface area contributed by atoms with Gasteiger partial charge in [0.15, 0.2) is 75.8 Å². The van der Waals surface area contributed by atoms with E-state index in [2.05, 4.69) is 165 Å². The molecule has 12 bridgehead atoms. The minimum absolute atomic E-state index is 0.336. The van der Waals surface area contributed by atoms with Crippen molar-refractivity contribution < 1.29 is 127 Å². The van der Waals surface area contributed by atoms with E-state index in [9.17, 15) is 51.9 Å². The van der Waals surface area contributed by atoms with Gasteiger partial charge in [0.2, 0.25) is 0 Å². The van der Waals surface area contributed by atoms with Crippen molar-refractivity contribution in [1.29, 1.82) is 0 Å². The van der Waals surface area contributed by atoms with Gasteiger partial charge in [0.25, 0.3) is 0 Å². The van der Waals surface area contributed by atoms with E-state index >= 15 is 0 Å². The average Bonchev–Trinajstić information content (AvgIpc) is 0.700. The summed E-state index contributed by atoms with van der Waals surface area (Å²) in [4.78, 5) is -4.63. The quantitative estimate of drug-likeness (QED) is 0.0684. The first-order chi connectivity index (χ1) is 58.2. The van der Waals surface area contributed by atoms with Crippen LogP contribution in [-0.2, 0) is 105 Å². The summed E-state index contributed by atoms with van der Waals surface area (Å²) >= 11 is 0. The number of pyridine rings is 4. The Labute approximate surface area is 693 Å². The van der Waals surface area contributed by atoms with Gasteiger partial charge in [0, 0.05) is 113 Å². The van der Waals surface area contributed by atoms with E-state index < -0.39 is 92.4 Å². The van der Waals surface area contributed by atoms with E-state index in [1.807, 2.05) is 48.5 Å².